The van der Waals surface area contributed by atoms with Crippen molar-refractivity contribution in [3.05, 3.63) is 81.3 Å². The summed E-state index contributed by atoms with van der Waals surface area (Å²) in [5, 5.41) is 9.39. The topological polar surface area (TPSA) is 40.6 Å². The van der Waals surface area contributed by atoms with E-state index in [1.54, 1.807) is 6.08 Å². The molecule has 0 amide bonds. The molecule has 0 N–H and O–H groups in total. The van der Waals surface area contributed by atoms with Crippen molar-refractivity contribution in [3.8, 4) is 6.07 Å². The van der Waals surface area contributed by atoms with E-state index in [2.05, 4.69) is 69.5 Å². The van der Waals surface area contributed by atoms with Crippen LogP contribution in [0.3, 0.4) is 0 Å². The van der Waals surface area contributed by atoms with Crippen LogP contribution in [-0.4, -0.2) is 13.1 Å². The van der Waals surface area contributed by atoms with E-state index in [9.17, 15) is 5.26 Å². The highest BCUT2D eigenvalue weighted by Crippen LogP contribution is 2.49. The lowest BCUT2D eigenvalue weighted by molar-refractivity contribution is 0.287. The van der Waals surface area contributed by atoms with Gasteiger partial charge in [-0.2, -0.15) is 0 Å². The highest BCUT2D eigenvalue weighted by molar-refractivity contribution is 5.72. The van der Waals surface area contributed by atoms with Gasteiger partial charge in [0.15, 0.2) is 0 Å². The van der Waals surface area contributed by atoms with Gasteiger partial charge in [0.05, 0.1) is 12.6 Å². The van der Waals surface area contributed by atoms with Gasteiger partial charge in [0.1, 0.15) is 11.5 Å². The first kappa shape index (κ1) is 23.9. The first-order chi connectivity index (χ1) is 16.0. The van der Waals surface area contributed by atoms with Gasteiger partial charge in [-0.1, -0.05) is 47.6 Å². The van der Waals surface area contributed by atoms with Crippen LogP contribution in [0.15, 0.2) is 53.1 Å². The Morgan fingerprint density at radius 3 is 2.26 bits per heavy atom. The second kappa shape index (κ2) is 8.84. The Morgan fingerprint density at radius 2 is 1.74 bits per heavy atom. The summed E-state index contributed by atoms with van der Waals surface area (Å²) in [4.78, 5) is 5.99. The van der Waals surface area contributed by atoms with Gasteiger partial charge in [0.25, 0.3) is 5.70 Å². The minimum Gasteiger partial charge on any atom is -0.462 e. The highest BCUT2D eigenvalue weighted by Gasteiger charge is 2.39. The lowest BCUT2D eigenvalue weighted by Crippen LogP contribution is -2.44. The normalized spacial score (nSPS) is 21.7. The summed E-state index contributed by atoms with van der Waals surface area (Å²) >= 11 is 0. The molecule has 1 aromatic carbocycles. The zero-order valence-electron chi connectivity index (χ0n) is 21.3. The number of hydrogen-bond acceptors (Lipinski definition) is 3. The van der Waals surface area contributed by atoms with Crippen molar-refractivity contribution in [3.63, 3.8) is 0 Å². The van der Waals surface area contributed by atoms with Crippen molar-refractivity contribution in [2.24, 2.45) is 5.92 Å². The molecule has 4 nitrogen and oxygen atoms in total. The summed E-state index contributed by atoms with van der Waals surface area (Å²) < 4.78 is 6.15. The molecule has 3 heterocycles. The van der Waals surface area contributed by atoms with Crippen LogP contribution in [0.5, 0.6) is 0 Å². The average molecular weight is 454 g/mol. The first-order valence-electron chi connectivity index (χ1n) is 12.3. The smallest absolute Gasteiger partial charge is 0.269 e. The number of rotatable bonds is 4. The van der Waals surface area contributed by atoms with E-state index in [4.69, 9.17) is 11.3 Å². The van der Waals surface area contributed by atoms with Crippen LogP contribution in [0.25, 0.3) is 10.9 Å². The van der Waals surface area contributed by atoms with Crippen LogP contribution in [-0.2, 0) is 15.6 Å². The van der Waals surface area contributed by atoms with E-state index >= 15 is 0 Å². The Hall–Kier alpha value is -3.24. The standard InChI is InChI=1S/C30H35N3O/c1-20(2)14-24-18-22(27(19-31)32-7)17-23(34-24)9-8-21-15-25-28-26(16-21)30(5,6)11-13-33(28)12-10-29(25,3)4/h8-9,15-18,20H,10-14H2,1-6H3/b9-8+,27-22-. The maximum Gasteiger partial charge on any atom is 0.269 e. The zero-order chi connectivity index (χ0) is 24.7. The van der Waals surface area contributed by atoms with E-state index in [1.165, 1.54) is 22.4 Å². The number of hydrogen-bond donors (Lipinski definition) is 0. The fraction of sp³-hybridized carbons (Fsp3) is 0.467. The number of nitrogens with zero attached hydrogens (tertiary/aromatic N) is 3. The van der Waals surface area contributed by atoms with Gasteiger partial charge in [0.2, 0.25) is 0 Å². The number of allylic oxidation sites excluding steroid dienone is 6. The minimum atomic E-state index is 0.0947. The minimum absolute atomic E-state index is 0.0947. The Morgan fingerprint density at radius 1 is 1.12 bits per heavy atom. The van der Waals surface area contributed by atoms with E-state index < -0.39 is 0 Å². The van der Waals surface area contributed by atoms with Gasteiger partial charge in [-0.25, -0.2) is 10.1 Å². The van der Waals surface area contributed by atoms with Crippen LogP contribution in [0.2, 0.25) is 0 Å². The van der Waals surface area contributed by atoms with Crippen molar-refractivity contribution in [1.29, 1.82) is 5.26 Å². The van der Waals surface area contributed by atoms with E-state index in [1.807, 2.05) is 18.2 Å². The molecule has 4 rings (SSSR count). The van der Waals surface area contributed by atoms with Crippen LogP contribution in [0, 0.1) is 23.8 Å². The fourth-order valence-electron chi connectivity index (χ4n) is 5.19. The molecule has 0 atom stereocenters. The summed E-state index contributed by atoms with van der Waals surface area (Å²) in [5.41, 5.74) is 6.47. The first-order valence-corrected chi connectivity index (χ1v) is 12.3. The summed E-state index contributed by atoms with van der Waals surface area (Å²) in [5.74, 6) is 1.87. The Labute approximate surface area is 204 Å². The van der Waals surface area contributed by atoms with Crippen LogP contribution in [0.1, 0.15) is 77.5 Å². The lowest BCUT2D eigenvalue weighted by Gasteiger charge is -2.48. The molecule has 0 saturated heterocycles. The second-order valence-electron chi connectivity index (χ2n) is 11.4. The third-order valence-corrected chi connectivity index (χ3v) is 7.32. The number of ether oxygens (including phenoxy) is 1. The summed E-state index contributed by atoms with van der Waals surface area (Å²) in [6.07, 6.45) is 10.8. The van der Waals surface area contributed by atoms with E-state index in [-0.39, 0.29) is 16.5 Å². The van der Waals surface area contributed by atoms with Gasteiger partial charge in [0, 0.05) is 25.2 Å². The Bertz CT molecular complexity index is 1150. The molecule has 0 radical (unpaired) electrons. The monoisotopic (exact) mass is 453 g/mol. The molecule has 0 aliphatic carbocycles. The summed E-state index contributed by atoms with van der Waals surface area (Å²) in [6, 6.07) is 6.70. The fourth-order valence-corrected chi connectivity index (χ4v) is 5.19. The van der Waals surface area contributed by atoms with Gasteiger partial charge in [-0.15, -0.1) is 0 Å². The quantitative estimate of drug-likeness (QED) is 0.352. The van der Waals surface area contributed by atoms with E-state index in [0.717, 1.165) is 38.1 Å². The molecule has 34 heavy (non-hydrogen) atoms. The van der Waals surface area contributed by atoms with Crippen molar-refractivity contribution in [2.45, 2.75) is 71.6 Å². The SMILES string of the molecule is [C-]#[N+]/C(C#N)=C1C=C(/C=C/c2cc3c4c(c2)C(C)(C)CCN4CCC3(C)C)OC(CC(C)C)=C/1. The molecule has 0 spiro atoms. The molecule has 4 heteroatoms. The molecule has 0 saturated carbocycles. The molecular formula is C30H35N3O. The third kappa shape index (κ3) is 4.55. The van der Waals surface area contributed by atoms with Gasteiger partial charge >= 0.3 is 0 Å². The largest absolute Gasteiger partial charge is 0.462 e. The number of nitriles is 1. The second-order valence-corrected chi connectivity index (χ2v) is 11.4. The number of benzene rings is 1. The molecule has 0 bridgehead atoms. The Balaban J connectivity index is 1.75. The molecular weight excluding hydrogens is 418 g/mol. The zero-order valence-corrected chi connectivity index (χ0v) is 21.3. The average Bonchev–Trinajstić information content (AvgIpc) is 2.77. The van der Waals surface area contributed by atoms with Crippen LogP contribution in [0.4, 0.5) is 5.69 Å². The third-order valence-electron chi connectivity index (χ3n) is 7.32. The molecule has 0 unspecified atom stereocenters. The highest BCUT2D eigenvalue weighted by atomic mass is 16.5. The molecule has 0 aromatic heterocycles. The van der Waals surface area contributed by atoms with Crippen molar-refractivity contribution >= 4 is 11.8 Å². The maximum atomic E-state index is 9.39. The van der Waals surface area contributed by atoms with Crippen molar-refractivity contribution in [1.82, 2.24) is 0 Å². The summed E-state index contributed by atoms with van der Waals surface area (Å²) in [7, 11) is 0. The summed E-state index contributed by atoms with van der Waals surface area (Å²) in [6.45, 7) is 23.3. The Kier molecular flexibility index (Phi) is 6.22. The maximum absolute atomic E-state index is 9.39. The van der Waals surface area contributed by atoms with Crippen LogP contribution >= 0.6 is 0 Å². The predicted molar refractivity (Wildman–Crippen MR) is 139 cm³/mol. The predicted octanol–water partition coefficient (Wildman–Crippen LogP) is 7.41. The molecule has 1 aromatic rings. The van der Waals surface area contributed by atoms with Crippen molar-refractivity contribution in [2.75, 3.05) is 18.0 Å². The van der Waals surface area contributed by atoms with Gasteiger partial charge < -0.3 is 9.64 Å². The molecule has 3 aliphatic heterocycles. The molecule has 176 valence electrons. The van der Waals surface area contributed by atoms with Crippen molar-refractivity contribution < 1.29 is 4.74 Å². The van der Waals surface area contributed by atoms with E-state index in [0.29, 0.717) is 17.3 Å². The molecule has 3 aliphatic rings. The number of anilines is 1. The molecule has 0 fully saturated rings. The van der Waals surface area contributed by atoms with Gasteiger partial charge in [-0.05, 0) is 82.2 Å². The van der Waals surface area contributed by atoms with Gasteiger partial charge in [-0.3, -0.25) is 0 Å². The lowest BCUT2D eigenvalue weighted by atomic mass is 9.69. The van der Waals surface area contributed by atoms with Crippen LogP contribution < -0.4 is 4.90 Å².